The summed E-state index contributed by atoms with van der Waals surface area (Å²) in [6.45, 7) is 0. The van der Waals surface area contributed by atoms with Gasteiger partial charge >= 0.3 is 0 Å². The first kappa shape index (κ1) is 9.25. The van der Waals surface area contributed by atoms with Crippen molar-refractivity contribution in [2.24, 2.45) is 0 Å². The standard InChI is InChI=1S/C15H14O2/c16-13-10-12-8-4-5-9-14(12)17-15(13)11-6-2-1-3-7-11/h1-9,13,15-16H,10H2/t13-,15+/m0/s1/i10D/t10?,13-,15+. The second-order valence-electron chi connectivity index (χ2n) is 4.14. The average Bonchev–Trinajstić information content (AvgIpc) is 2.44. The summed E-state index contributed by atoms with van der Waals surface area (Å²) in [5.74, 6) is 0.691. The van der Waals surface area contributed by atoms with E-state index in [9.17, 15) is 5.11 Å². The largest absolute Gasteiger partial charge is 0.483 e. The zero-order valence-corrected chi connectivity index (χ0v) is 9.28. The molecule has 0 radical (unpaired) electrons. The highest BCUT2D eigenvalue weighted by Gasteiger charge is 2.29. The van der Waals surface area contributed by atoms with Crippen molar-refractivity contribution in [1.82, 2.24) is 0 Å². The summed E-state index contributed by atoms with van der Waals surface area (Å²) in [5.41, 5.74) is 1.65. The number of para-hydroxylation sites is 1. The quantitative estimate of drug-likeness (QED) is 0.811. The molecule has 2 aromatic rings. The molecular weight excluding hydrogens is 212 g/mol. The molecule has 1 N–H and O–H groups in total. The first-order valence-corrected chi connectivity index (χ1v) is 5.68. The third-order valence-electron chi connectivity index (χ3n) is 2.96. The van der Waals surface area contributed by atoms with E-state index < -0.39 is 18.6 Å². The van der Waals surface area contributed by atoms with Gasteiger partial charge in [0.05, 0.1) is 6.10 Å². The van der Waals surface area contributed by atoms with Crippen LogP contribution in [0.4, 0.5) is 0 Å². The minimum atomic E-state index is -0.845. The highest BCUT2D eigenvalue weighted by atomic mass is 16.5. The molecule has 0 saturated carbocycles. The first-order chi connectivity index (χ1) is 8.77. The minimum Gasteiger partial charge on any atom is -0.483 e. The molecule has 0 bridgehead atoms. The molecule has 17 heavy (non-hydrogen) atoms. The number of hydrogen-bond donors (Lipinski definition) is 1. The van der Waals surface area contributed by atoms with Gasteiger partial charge in [0.25, 0.3) is 0 Å². The van der Waals surface area contributed by atoms with Gasteiger partial charge in [0.15, 0.2) is 0 Å². The molecule has 3 atom stereocenters. The molecule has 0 saturated heterocycles. The lowest BCUT2D eigenvalue weighted by Gasteiger charge is -2.30. The number of hydrogen-bond acceptors (Lipinski definition) is 2. The van der Waals surface area contributed by atoms with Crippen LogP contribution in [0.3, 0.4) is 0 Å². The lowest BCUT2D eigenvalue weighted by atomic mass is 9.95. The smallest absolute Gasteiger partial charge is 0.150 e. The molecule has 1 aliphatic heterocycles. The van der Waals surface area contributed by atoms with Crippen LogP contribution in [0, 0.1) is 0 Å². The fraction of sp³-hybridized carbons (Fsp3) is 0.200. The van der Waals surface area contributed by atoms with Gasteiger partial charge in [0.1, 0.15) is 11.9 Å². The topological polar surface area (TPSA) is 29.5 Å². The number of ether oxygens (including phenoxy) is 1. The van der Waals surface area contributed by atoms with Gasteiger partial charge < -0.3 is 9.84 Å². The zero-order valence-electron chi connectivity index (χ0n) is 10.3. The molecule has 0 fully saturated rings. The zero-order chi connectivity index (χ0) is 12.5. The van der Waals surface area contributed by atoms with E-state index in [1.165, 1.54) is 0 Å². The molecule has 1 heterocycles. The summed E-state index contributed by atoms with van der Waals surface area (Å²) in [7, 11) is 0. The lowest BCUT2D eigenvalue weighted by molar-refractivity contribution is 0.0208. The van der Waals surface area contributed by atoms with Crippen molar-refractivity contribution in [1.29, 1.82) is 0 Å². The Kier molecular flexibility index (Phi) is 2.30. The third-order valence-corrected chi connectivity index (χ3v) is 2.96. The van der Waals surface area contributed by atoms with Gasteiger partial charge in [0, 0.05) is 7.77 Å². The van der Waals surface area contributed by atoms with E-state index in [0.29, 0.717) is 5.75 Å². The molecule has 0 aliphatic carbocycles. The molecule has 1 unspecified atom stereocenters. The van der Waals surface area contributed by atoms with Crippen molar-refractivity contribution in [3.63, 3.8) is 0 Å². The maximum absolute atomic E-state index is 10.2. The van der Waals surface area contributed by atoms with E-state index in [1.54, 1.807) is 0 Å². The summed E-state index contributed by atoms with van der Waals surface area (Å²) in [5, 5.41) is 10.2. The molecule has 0 aromatic heterocycles. The van der Waals surface area contributed by atoms with E-state index in [2.05, 4.69) is 0 Å². The number of aliphatic hydroxyl groups excluding tert-OH is 1. The van der Waals surface area contributed by atoms with Crippen molar-refractivity contribution >= 4 is 0 Å². The van der Waals surface area contributed by atoms with Crippen molar-refractivity contribution in [3.05, 3.63) is 65.7 Å². The van der Waals surface area contributed by atoms with Gasteiger partial charge in [-0.15, -0.1) is 0 Å². The lowest BCUT2D eigenvalue weighted by Crippen LogP contribution is -2.30. The second-order valence-corrected chi connectivity index (χ2v) is 4.14. The third kappa shape index (κ3) is 1.92. The molecule has 2 aromatic carbocycles. The maximum Gasteiger partial charge on any atom is 0.150 e. The number of benzene rings is 2. The van der Waals surface area contributed by atoms with Crippen molar-refractivity contribution in [2.45, 2.75) is 18.6 Å². The van der Waals surface area contributed by atoms with Gasteiger partial charge in [-0.3, -0.25) is 0 Å². The molecule has 3 rings (SSSR count). The Bertz CT molecular complexity index is 541. The van der Waals surface area contributed by atoms with E-state index in [4.69, 9.17) is 6.11 Å². The Hall–Kier alpha value is -1.80. The van der Waals surface area contributed by atoms with Gasteiger partial charge in [0.2, 0.25) is 0 Å². The number of aliphatic hydroxyl groups is 1. The van der Waals surface area contributed by atoms with Crippen LogP contribution in [-0.2, 0) is 6.40 Å². The Morgan fingerprint density at radius 2 is 1.76 bits per heavy atom. The highest BCUT2D eigenvalue weighted by molar-refractivity contribution is 5.37. The van der Waals surface area contributed by atoms with Crippen molar-refractivity contribution < 1.29 is 11.2 Å². The number of rotatable bonds is 1. The predicted molar refractivity (Wildman–Crippen MR) is 66.0 cm³/mol. The van der Waals surface area contributed by atoms with Gasteiger partial charge in [-0.05, 0) is 17.2 Å². The van der Waals surface area contributed by atoms with Crippen LogP contribution in [0.1, 0.15) is 18.6 Å². The van der Waals surface area contributed by atoms with Gasteiger partial charge in [-0.1, -0.05) is 48.5 Å². The van der Waals surface area contributed by atoms with Gasteiger partial charge in [-0.25, -0.2) is 0 Å². The Morgan fingerprint density at radius 1 is 1.06 bits per heavy atom. The van der Waals surface area contributed by atoms with E-state index in [0.717, 1.165) is 11.1 Å². The van der Waals surface area contributed by atoms with Crippen LogP contribution in [-0.4, -0.2) is 11.2 Å². The van der Waals surface area contributed by atoms with Crippen LogP contribution >= 0.6 is 0 Å². The summed E-state index contributed by atoms with van der Waals surface area (Å²) in [4.78, 5) is 0. The predicted octanol–water partition coefficient (Wildman–Crippen LogP) is 2.72. The summed E-state index contributed by atoms with van der Waals surface area (Å²) >= 11 is 0. The molecule has 0 amide bonds. The van der Waals surface area contributed by atoms with Crippen LogP contribution in [0.25, 0.3) is 0 Å². The Balaban J connectivity index is 2.01. The fourth-order valence-electron chi connectivity index (χ4n) is 2.11. The fourth-order valence-corrected chi connectivity index (χ4v) is 2.11. The normalized spacial score (nSPS) is 27.8. The highest BCUT2D eigenvalue weighted by Crippen LogP contribution is 2.34. The summed E-state index contributed by atoms with van der Waals surface area (Å²) in [6, 6.07) is 17.0. The number of fused-ring (bicyclic) bond motifs is 1. The van der Waals surface area contributed by atoms with Crippen LogP contribution in [0.5, 0.6) is 5.75 Å². The van der Waals surface area contributed by atoms with E-state index in [1.807, 2.05) is 54.6 Å². The van der Waals surface area contributed by atoms with E-state index >= 15 is 0 Å². The van der Waals surface area contributed by atoms with Crippen molar-refractivity contribution in [3.8, 4) is 5.75 Å². The SMILES string of the molecule is [2H]C1c2ccccc2O[C@H](c2ccccc2)[C@H]1O. The Labute approximate surface area is 102 Å². The van der Waals surface area contributed by atoms with Crippen LogP contribution in [0.15, 0.2) is 54.6 Å². The molecule has 0 spiro atoms. The van der Waals surface area contributed by atoms with Crippen molar-refractivity contribution in [2.75, 3.05) is 0 Å². The molecule has 1 aliphatic rings. The second kappa shape index (κ2) is 4.22. The monoisotopic (exact) mass is 227 g/mol. The first-order valence-electron chi connectivity index (χ1n) is 6.26. The minimum absolute atomic E-state index is 0.469. The molecule has 2 nitrogen and oxygen atoms in total. The van der Waals surface area contributed by atoms with Crippen LogP contribution in [0.2, 0.25) is 0 Å². The maximum atomic E-state index is 10.2. The summed E-state index contributed by atoms with van der Waals surface area (Å²) in [6.07, 6.45) is -1.98. The Morgan fingerprint density at radius 3 is 2.59 bits per heavy atom. The molecule has 2 heteroatoms. The van der Waals surface area contributed by atoms with Crippen LogP contribution < -0.4 is 4.74 Å². The van der Waals surface area contributed by atoms with Gasteiger partial charge in [-0.2, -0.15) is 0 Å². The molecule has 86 valence electrons. The summed E-state index contributed by atoms with van der Waals surface area (Å²) < 4.78 is 13.9. The van der Waals surface area contributed by atoms with E-state index in [-0.39, 0.29) is 0 Å². The molecular formula is C15H14O2. The average molecular weight is 227 g/mol.